The predicted octanol–water partition coefficient (Wildman–Crippen LogP) is 6.12. The molecule has 0 aliphatic carbocycles. The van der Waals surface area contributed by atoms with Crippen LogP contribution in [0.1, 0.15) is 11.1 Å². The summed E-state index contributed by atoms with van der Waals surface area (Å²) in [6, 6.07) is 14.4. The lowest BCUT2D eigenvalue weighted by molar-refractivity contribution is 0.515. The van der Waals surface area contributed by atoms with Crippen LogP contribution in [0, 0.1) is 28.1 Å². The Balaban J connectivity index is 2.32. The summed E-state index contributed by atoms with van der Waals surface area (Å²) < 4.78 is 0. The van der Waals surface area contributed by atoms with Crippen LogP contribution in [-0.2, 0) is 12.8 Å². The molecule has 0 fully saturated rings. The fraction of sp³-hybridized carbons (Fsp3) is 0.176. The highest BCUT2D eigenvalue weighted by Crippen LogP contribution is 2.32. The summed E-state index contributed by atoms with van der Waals surface area (Å²) in [6.45, 7) is 0. The van der Waals surface area contributed by atoms with Gasteiger partial charge in [-0.25, -0.2) is 0 Å². The smallest absolute Gasteiger partial charge is 0.151 e. The first-order valence-electron chi connectivity index (χ1n) is 6.59. The van der Waals surface area contributed by atoms with Crippen LogP contribution in [-0.4, -0.2) is 0 Å². The SMILES string of the molecule is N#CC(C#N)(Cc1ccc(Cl)c(Cl)c1)Cc1ccc(Cl)c(Cl)c1. The molecule has 0 aliphatic heterocycles. The molecule has 0 saturated carbocycles. The highest BCUT2D eigenvalue weighted by molar-refractivity contribution is 6.42. The van der Waals surface area contributed by atoms with Gasteiger partial charge in [-0.1, -0.05) is 58.5 Å². The van der Waals surface area contributed by atoms with Gasteiger partial charge in [-0.2, -0.15) is 10.5 Å². The maximum atomic E-state index is 9.56. The summed E-state index contributed by atoms with van der Waals surface area (Å²) in [6.07, 6.45) is 0.467. The molecule has 0 atom stereocenters. The largest absolute Gasteiger partial charge is 0.197 e. The third-order valence-corrected chi connectivity index (χ3v) is 4.89. The normalized spacial score (nSPS) is 10.9. The van der Waals surface area contributed by atoms with E-state index in [1.165, 1.54) is 0 Å². The van der Waals surface area contributed by atoms with Gasteiger partial charge in [0.05, 0.1) is 32.2 Å². The van der Waals surface area contributed by atoms with Crippen LogP contribution >= 0.6 is 46.4 Å². The highest BCUT2D eigenvalue weighted by Gasteiger charge is 2.31. The summed E-state index contributed by atoms with van der Waals surface area (Å²) >= 11 is 23.8. The van der Waals surface area contributed by atoms with Crippen molar-refractivity contribution in [2.24, 2.45) is 5.41 Å². The van der Waals surface area contributed by atoms with E-state index in [9.17, 15) is 10.5 Å². The van der Waals surface area contributed by atoms with Crippen molar-refractivity contribution in [1.29, 1.82) is 10.5 Å². The minimum Gasteiger partial charge on any atom is -0.197 e. The number of benzene rings is 2. The van der Waals surface area contributed by atoms with Gasteiger partial charge in [0, 0.05) is 12.8 Å². The molecule has 0 bridgehead atoms. The van der Waals surface area contributed by atoms with E-state index in [4.69, 9.17) is 46.4 Å². The van der Waals surface area contributed by atoms with Crippen LogP contribution in [0.25, 0.3) is 0 Å². The number of nitriles is 2. The Bertz CT molecular complexity index is 749. The van der Waals surface area contributed by atoms with Crippen molar-refractivity contribution in [3.8, 4) is 12.1 Å². The van der Waals surface area contributed by atoms with Crippen molar-refractivity contribution in [3.63, 3.8) is 0 Å². The van der Waals surface area contributed by atoms with Gasteiger partial charge >= 0.3 is 0 Å². The van der Waals surface area contributed by atoms with Crippen LogP contribution in [0.2, 0.25) is 20.1 Å². The Morgan fingerprint density at radius 2 is 1.09 bits per heavy atom. The monoisotopic (exact) mass is 382 g/mol. The van der Waals surface area contributed by atoms with Gasteiger partial charge in [0.15, 0.2) is 5.41 Å². The second-order valence-corrected chi connectivity index (χ2v) is 6.78. The molecule has 0 N–H and O–H groups in total. The second-order valence-electron chi connectivity index (χ2n) is 5.16. The van der Waals surface area contributed by atoms with E-state index in [2.05, 4.69) is 12.1 Å². The molecule has 0 radical (unpaired) electrons. The van der Waals surface area contributed by atoms with Gasteiger partial charge in [-0.05, 0) is 35.4 Å². The molecule has 0 amide bonds. The number of nitrogens with zero attached hydrogens (tertiary/aromatic N) is 2. The first kappa shape index (κ1) is 17.9. The first-order valence-corrected chi connectivity index (χ1v) is 8.11. The Labute approximate surface area is 154 Å². The Kier molecular flexibility index (Phi) is 5.79. The van der Waals surface area contributed by atoms with Crippen LogP contribution in [0.15, 0.2) is 36.4 Å². The number of hydrogen-bond donors (Lipinski definition) is 0. The Morgan fingerprint density at radius 1 is 0.696 bits per heavy atom. The summed E-state index contributed by atoms with van der Waals surface area (Å²) in [5, 5.41) is 20.8. The Morgan fingerprint density at radius 3 is 1.39 bits per heavy atom. The quantitative estimate of drug-likeness (QED) is 0.638. The van der Waals surface area contributed by atoms with Gasteiger partial charge in [0.25, 0.3) is 0 Å². The van der Waals surface area contributed by atoms with E-state index < -0.39 is 5.41 Å². The first-order chi connectivity index (χ1) is 10.9. The third-order valence-electron chi connectivity index (χ3n) is 3.41. The lowest BCUT2D eigenvalue weighted by Crippen LogP contribution is -2.22. The van der Waals surface area contributed by atoms with Crippen molar-refractivity contribution in [3.05, 3.63) is 67.6 Å². The Hall–Kier alpha value is -1.42. The van der Waals surface area contributed by atoms with Gasteiger partial charge in [-0.15, -0.1) is 0 Å². The zero-order chi connectivity index (χ0) is 17.0. The van der Waals surface area contributed by atoms with Gasteiger partial charge in [0.1, 0.15) is 0 Å². The molecule has 2 aromatic carbocycles. The average molecular weight is 384 g/mol. The molecular formula is C17H10Cl4N2. The summed E-state index contributed by atoms with van der Waals surface area (Å²) in [5.74, 6) is 0. The molecule has 2 aromatic rings. The van der Waals surface area contributed by atoms with Crippen molar-refractivity contribution in [2.45, 2.75) is 12.8 Å². The fourth-order valence-electron chi connectivity index (χ4n) is 2.24. The van der Waals surface area contributed by atoms with Gasteiger partial charge in [-0.3, -0.25) is 0 Å². The van der Waals surface area contributed by atoms with E-state index in [0.29, 0.717) is 20.1 Å². The van der Waals surface area contributed by atoms with Crippen molar-refractivity contribution < 1.29 is 0 Å². The van der Waals surface area contributed by atoms with E-state index in [1.807, 2.05) is 0 Å². The number of hydrogen-bond acceptors (Lipinski definition) is 2. The standard InChI is InChI=1S/C17H10Cl4N2/c18-13-3-1-11(5-15(13)20)7-17(9-22,10-23)8-12-2-4-14(19)16(21)6-12/h1-6H,7-8H2. The molecule has 0 unspecified atom stereocenters. The van der Waals surface area contributed by atoms with Gasteiger partial charge < -0.3 is 0 Å². The third kappa shape index (κ3) is 4.31. The topological polar surface area (TPSA) is 47.6 Å². The van der Waals surface area contributed by atoms with E-state index >= 15 is 0 Å². The highest BCUT2D eigenvalue weighted by atomic mass is 35.5. The zero-order valence-electron chi connectivity index (χ0n) is 11.8. The van der Waals surface area contributed by atoms with Crippen molar-refractivity contribution in [1.82, 2.24) is 0 Å². The van der Waals surface area contributed by atoms with Crippen molar-refractivity contribution in [2.75, 3.05) is 0 Å². The van der Waals surface area contributed by atoms with Crippen LogP contribution in [0.4, 0.5) is 0 Å². The summed E-state index contributed by atoms with van der Waals surface area (Å²) in [4.78, 5) is 0. The molecule has 0 spiro atoms. The fourth-order valence-corrected chi connectivity index (χ4v) is 2.88. The molecule has 23 heavy (non-hydrogen) atoms. The maximum Gasteiger partial charge on any atom is 0.151 e. The molecule has 0 aromatic heterocycles. The van der Waals surface area contributed by atoms with Gasteiger partial charge in [0.2, 0.25) is 0 Å². The molecule has 6 heteroatoms. The summed E-state index contributed by atoms with van der Waals surface area (Å²) in [7, 11) is 0. The zero-order valence-corrected chi connectivity index (χ0v) is 14.8. The molecule has 0 saturated heterocycles. The summed E-state index contributed by atoms with van der Waals surface area (Å²) in [5.41, 5.74) is 0.305. The van der Waals surface area contributed by atoms with E-state index in [0.717, 1.165) is 11.1 Å². The minimum absolute atomic E-state index is 0.233. The molecule has 0 aliphatic rings. The molecule has 2 nitrogen and oxygen atoms in total. The van der Waals surface area contributed by atoms with Crippen LogP contribution in [0.3, 0.4) is 0 Å². The predicted molar refractivity (Wildman–Crippen MR) is 94.0 cm³/mol. The maximum absolute atomic E-state index is 9.56. The van der Waals surface area contributed by atoms with E-state index in [-0.39, 0.29) is 12.8 Å². The average Bonchev–Trinajstić information content (AvgIpc) is 2.54. The molecule has 2 rings (SSSR count). The van der Waals surface area contributed by atoms with Crippen LogP contribution in [0.5, 0.6) is 0 Å². The number of rotatable bonds is 4. The van der Waals surface area contributed by atoms with Crippen molar-refractivity contribution >= 4 is 46.4 Å². The molecule has 116 valence electrons. The lowest BCUT2D eigenvalue weighted by atomic mass is 9.79. The number of halogens is 4. The van der Waals surface area contributed by atoms with E-state index in [1.54, 1.807) is 36.4 Å². The molecular weight excluding hydrogens is 374 g/mol. The van der Waals surface area contributed by atoms with Crippen LogP contribution < -0.4 is 0 Å². The minimum atomic E-state index is -1.23. The molecule has 0 heterocycles. The lowest BCUT2D eigenvalue weighted by Gasteiger charge is -2.19. The second kappa shape index (κ2) is 7.43.